The van der Waals surface area contributed by atoms with Crippen molar-refractivity contribution in [2.24, 2.45) is 5.92 Å². The quantitative estimate of drug-likeness (QED) is 0.546. The highest BCUT2D eigenvalue weighted by Crippen LogP contribution is 2.41. The Kier molecular flexibility index (Phi) is 4.57. The van der Waals surface area contributed by atoms with Gasteiger partial charge in [0.1, 0.15) is 16.2 Å². The van der Waals surface area contributed by atoms with Gasteiger partial charge in [-0.05, 0) is 36.3 Å². The van der Waals surface area contributed by atoms with E-state index in [-0.39, 0.29) is 0 Å². The maximum atomic E-state index is 10.4. The van der Waals surface area contributed by atoms with E-state index in [1.54, 1.807) is 18.1 Å². The lowest BCUT2D eigenvalue weighted by Crippen LogP contribution is -2.08. The molecule has 0 unspecified atom stereocenters. The molecule has 24 heavy (non-hydrogen) atoms. The molecule has 0 fully saturated rings. The van der Waals surface area contributed by atoms with Gasteiger partial charge in [0.2, 0.25) is 0 Å². The van der Waals surface area contributed by atoms with Gasteiger partial charge in [0.05, 0.1) is 6.10 Å². The Morgan fingerprint density at radius 3 is 2.96 bits per heavy atom. The van der Waals surface area contributed by atoms with Crippen molar-refractivity contribution in [2.45, 2.75) is 37.3 Å². The summed E-state index contributed by atoms with van der Waals surface area (Å²) in [5.41, 5.74) is 2.40. The number of aromatic nitrogens is 2. The second-order valence-corrected chi connectivity index (χ2v) is 8.54. The molecule has 3 aromatic rings. The third-order valence-corrected chi connectivity index (χ3v) is 6.85. The fraction of sp³-hybridized carbons (Fsp3) is 0.368. The van der Waals surface area contributed by atoms with Gasteiger partial charge in [-0.1, -0.05) is 37.3 Å². The molecular formula is C19H20N2OS2. The van der Waals surface area contributed by atoms with E-state index in [4.69, 9.17) is 0 Å². The number of hydrogen-bond acceptors (Lipinski definition) is 5. The van der Waals surface area contributed by atoms with Gasteiger partial charge in [-0.2, -0.15) is 0 Å². The molecular weight excluding hydrogens is 336 g/mol. The Morgan fingerprint density at radius 2 is 2.12 bits per heavy atom. The molecule has 2 atom stereocenters. The summed E-state index contributed by atoms with van der Waals surface area (Å²) in [6, 6.07) is 9.82. The molecule has 5 heteroatoms. The second kappa shape index (κ2) is 6.82. The summed E-state index contributed by atoms with van der Waals surface area (Å²) >= 11 is 3.46. The highest BCUT2D eigenvalue weighted by molar-refractivity contribution is 7.99. The van der Waals surface area contributed by atoms with Gasteiger partial charge < -0.3 is 5.11 Å². The van der Waals surface area contributed by atoms with Crippen LogP contribution in [0.5, 0.6) is 0 Å². The van der Waals surface area contributed by atoms with Gasteiger partial charge in [0.15, 0.2) is 0 Å². The lowest BCUT2D eigenvalue weighted by Gasteiger charge is -2.18. The van der Waals surface area contributed by atoms with E-state index in [0.29, 0.717) is 5.75 Å². The maximum Gasteiger partial charge on any atom is 0.128 e. The molecule has 1 N–H and O–H groups in total. The third kappa shape index (κ3) is 3.08. The Morgan fingerprint density at radius 1 is 1.29 bits per heavy atom. The molecule has 2 heterocycles. The monoisotopic (exact) mass is 356 g/mol. The predicted octanol–water partition coefficient (Wildman–Crippen LogP) is 4.64. The van der Waals surface area contributed by atoms with E-state index >= 15 is 0 Å². The first-order valence-electron chi connectivity index (χ1n) is 8.33. The Balaban J connectivity index is 1.60. The van der Waals surface area contributed by atoms with Gasteiger partial charge in [0.25, 0.3) is 0 Å². The standard InChI is InChI=1S/C19H20N2OS2/c1-12-7-8-14-16(9-12)24-19-17(14)18(20-11-21-19)23-10-15(22)13-5-3-2-4-6-13/h2-6,11-12,15,22H,7-10H2,1H3/t12-,15-/m1/s1. The van der Waals surface area contributed by atoms with Crippen molar-refractivity contribution in [1.29, 1.82) is 0 Å². The van der Waals surface area contributed by atoms with Crippen molar-refractivity contribution in [1.82, 2.24) is 9.97 Å². The lowest BCUT2D eigenvalue weighted by molar-refractivity contribution is 0.204. The SMILES string of the molecule is C[C@@H]1CCc2c(sc3ncnc(SC[C@@H](O)c4ccccc4)c23)C1. The summed E-state index contributed by atoms with van der Waals surface area (Å²) in [6.45, 7) is 2.32. The van der Waals surface area contributed by atoms with E-state index in [9.17, 15) is 5.11 Å². The normalized spacial score (nSPS) is 18.5. The largest absolute Gasteiger partial charge is 0.388 e. The Bertz CT molecular complexity index is 847. The minimum absolute atomic E-state index is 0.476. The minimum atomic E-state index is -0.476. The molecule has 1 aliphatic rings. The number of aryl methyl sites for hydroxylation is 1. The number of thioether (sulfide) groups is 1. The molecule has 1 aliphatic carbocycles. The molecule has 124 valence electrons. The van der Waals surface area contributed by atoms with Crippen LogP contribution < -0.4 is 0 Å². The van der Waals surface area contributed by atoms with Crippen LogP contribution in [-0.4, -0.2) is 20.8 Å². The molecule has 4 rings (SSSR count). The smallest absolute Gasteiger partial charge is 0.128 e. The van der Waals surface area contributed by atoms with Crippen LogP contribution in [0.2, 0.25) is 0 Å². The third-order valence-electron chi connectivity index (χ3n) is 4.62. The first-order valence-corrected chi connectivity index (χ1v) is 10.1. The number of nitrogens with zero attached hydrogens (tertiary/aromatic N) is 2. The van der Waals surface area contributed by atoms with Gasteiger partial charge >= 0.3 is 0 Å². The molecule has 2 aromatic heterocycles. The molecule has 3 nitrogen and oxygen atoms in total. The summed E-state index contributed by atoms with van der Waals surface area (Å²) in [5, 5.41) is 12.7. The number of aliphatic hydroxyl groups excluding tert-OH is 1. The molecule has 0 saturated carbocycles. The van der Waals surface area contributed by atoms with Crippen LogP contribution >= 0.6 is 23.1 Å². The summed E-state index contributed by atoms with van der Waals surface area (Å²) < 4.78 is 0. The van der Waals surface area contributed by atoms with E-state index < -0.39 is 6.10 Å². The van der Waals surface area contributed by atoms with Gasteiger partial charge in [-0.15, -0.1) is 23.1 Å². The van der Waals surface area contributed by atoms with E-state index in [2.05, 4.69) is 16.9 Å². The zero-order chi connectivity index (χ0) is 16.5. The van der Waals surface area contributed by atoms with Crippen LogP contribution in [0.25, 0.3) is 10.2 Å². The number of benzene rings is 1. The fourth-order valence-corrected chi connectivity index (χ4v) is 5.69. The molecule has 0 spiro atoms. The van der Waals surface area contributed by atoms with Crippen LogP contribution in [0.1, 0.15) is 35.5 Å². The summed E-state index contributed by atoms with van der Waals surface area (Å²) in [6.07, 6.45) is 4.71. The lowest BCUT2D eigenvalue weighted by atomic mass is 9.89. The average Bonchev–Trinajstić information content (AvgIpc) is 2.98. The molecule has 0 amide bonds. The predicted molar refractivity (Wildman–Crippen MR) is 101 cm³/mol. The van der Waals surface area contributed by atoms with Crippen LogP contribution in [0.4, 0.5) is 0 Å². The molecule has 0 saturated heterocycles. The second-order valence-electron chi connectivity index (χ2n) is 6.45. The van der Waals surface area contributed by atoms with Crippen LogP contribution in [0.15, 0.2) is 41.7 Å². The van der Waals surface area contributed by atoms with Crippen molar-refractivity contribution >= 4 is 33.3 Å². The Labute approximate surface area is 150 Å². The summed E-state index contributed by atoms with van der Waals surface area (Å²) in [4.78, 5) is 11.6. The summed E-state index contributed by atoms with van der Waals surface area (Å²) in [5.74, 6) is 1.37. The van der Waals surface area contributed by atoms with Crippen molar-refractivity contribution < 1.29 is 5.11 Å². The number of hydrogen-bond donors (Lipinski definition) is 1. The Hall–Kier alpha value is -1.43. The molecule has 0 aliphatic heterocycles. The number of aliphatic hydroxyl groups is 1. The fourth-order valence-electron chi connectivity index (χ4n) is 3.28. The molecule has 0 radical (unpaired) electrons. The van der Waals surface area contributed by atoms with Crippen LogP contribution in [0, 0.1) is 5.92 Å². The van der Waals surface area contributed by atoms with Gasteiger partial charge in [-0.25, -0.2) is 9.97 Å². The van der Waals surface area contributed by atoms with Gasteiger partial charge in [-0.3, -0.25) is 0 Å². The minimum Gasteiger partial charge on any atom is -0.388 e. The van der Waals surface area contributed by atoms with E-state index in [1.807, 2.05) is 41.7 Å². The topological polar surface area (TPSA) is 46.0 Å². The highest BCUT2D eigenvalue weighted by Gasteiger charge is 2.23. The number of thiophene rings is 1. The van der Waals surface area contributed by atoms with Crippen molar-refractivity contribution in [3.8, 4) is 0 Å². The molecule has 0 bridgehead atoms. The average molecular weight is 357 g/mol. The number of rotatable bonds is 4. The molecule has 1 aromatic carbocycles. The zero-order valence-electron chi connectivity index (χ0n) is 13.6. The van der Waals surface area contributed by atoms with Crippen molar-refractivity contribution in [3.05, 3.63) is 52.7 Å². The maximum absolute atomic E-state index is 10.4. The highest BCUT2D eigenvalue weighted by atomic mass is 32.2. The van der Waals surface area contributed by atoms with Crippen molar-refractivity contribution in [3.63, 3.8) is 0 Å². The first kappa shape index (κ1) is 16.1. The zero-order valence-corrected chi connectivity index (χ0v) is 15.2. The van der Waals surface area contributed by atoms with Crippen LogP contribution in [0.3, 0.4) is 0 Å². The van der Waals surface area contributed by atoms with Gasteiger partial charge in [0, 0.05) is 16.0 Å². The van der Waals surface area contributed by atoms with E-state index in [0.717, 1.165) is 34.2 Å². The van der Waals surface area contributed by atoms with Crippen LogP contribution in [-0.2, 0) is 12.8 Å². The van der Waals surface area contributed by atoms with E-state index in [1.165, 1.54) is 22.2 Å². The summed E-state index contributed by atoms with van der Waals surface area (Å²) in [7, 11) is 0. The first-order chi connectivity index (χ1) is 11.7. The number of fused-ring (bicyclic) bond motifs is 3. The van der Waals surface area contributed by atoms with Crippen molar-refractivity contribution in [2.75, 3.05) is 5.75 Å².